The molecule has 0 radical (unpaired) electrons. The second kappa shape index (κ2) is 1.94. The number of rotatable bonds is 0. The maximum atomic E-state index is 4.05. The summed E-state index contributed by atoms with van der Waals surface area (Å²) in [6.07, 6.45) is 6.01. The highest BCUT2D eigenvalue weighted by molar-refractivity contribution is 5.69. The van der Waals surface area contributed by atoms with Gasteiger partial charge in [-0.1, -0.05) is 6.58 Å². The molecule has 50 valence electrons. The third-order valence-electron chi connectivity index (χ3n) is 1.99. The molecule has 1 aromatic rings. The van der Waals surface area contributed by atoms with Gasteiger partial charge in [0, 0.05) is 12.4 Å². The van der Waals surface area contributed by atoms with Crippen LogP contribution in [0.5, 0.6) is 0 Å². The lowest BCUT2D eigenvalue weighted by Crippen LogP contribution is -1.80. The lowest BCUT2D eigenvalue weighted by Gasteiger charge is -1.94. The molecule has 0 saturated heterocycles. The second-order valence-electron chi connectivity index (χ2n) is 2.64. The minimum absolute atomic E-state index is 1.11. The first-order valence-electron chi connectivity index (χ1n) is 3.49. The molecule has 0 atom stereocenters. The Morgan fingerprint density at radius 2 is 2.30 bits per heavy atom. The molecule has 0 aromatic carbocycles. The van der Waals surface area contributed by atoms with Crippen LogP contribution < -0.4 is 0 Å². The normalized spacial score (nSPS) is 15.4. The van der Waals surface area contributed by atoms with Gasteiger partial charge in [-0.2, -0.15) is 0 Å². The molecule has 0 saturated carbocycles. The van der Waals surface area contributed by atoms with E-state index < -0.39 is 0 Å². The first kappa shape index (κ1) is 5.66. The smallest absolute Gasteiger partial charge is 0.0345 e. The molecule has 1 nitrogen and oxygen atoms in total. The van der Waals surface area contributed by atoms with Crippen LogP contribution in [-0.4, -0.2) is 4.98 Å². The minimum atomic E-state index is 1.11. The molecule has 10 heavy (non-hydrogen) atoms. The first-order chi connectivity index (χ1) is 4.88. The lowest BCUT2D eigenvalue weighted by molar-refractivity contribution is 1.08. The van der Waals surface area contributed by atoms with Crippen LogP contribution >= 0.6 is 0 Å². The number of aromatic nitrogens is 1. The predicted octanol–water partition coefficient (Wildman–Crippen LogP) is 2.04. The van der Waals surface area contributed by atoms with Crippen molar-refractivity contribution in [1.82, 2.24) is 4.98 Å². The van der Waals surface area contributed by atoms with Gasteiger partial charge in [0.15, 0.2) is 0 Å². The third-order valence-corrected chi connectivity index (χ3v) is 1.99. The summed E-state index contributed by atoms with van der Waals surface area (Å²) in [6, 6.07) is 2.08. The van der Waals surface area contributed by atoms with Crippen LogP contribution in [0.3, 0.4) is 0 Å². The average Bonchev–Trinajstić information content (AvgIpc) is 2.34. The Labute approximate surface area is 60.4 Å². The molecule has 1 aliphatic carbocycles. The largest absolute Gasteiger partial charge is 0.264 e. The van der Waals surface area contributed by atoms with Crippen LogP contribution in [0.15, 0.2) is 25.0 Å². The molecule has 1 aliphatic rings. The quantitative estimate of drug-likeness (QED) is 0.525. The number of hydrogen-bond acceptors (Lipinski definition) is 1. The van der Waals surface area contributed by atoms with Crippen molar-refractivity contribution in [3.63, 3.8) is 0 Å². The fourth-order valence-electron chi connectivity index (χ4n) is 1.38. The van der Waals surface area contributed by atoms with E-state index in [0.29, 0.717) is 0 Å². The Bertz CT molecular complexity index is 276. The number of hydrogen-bond donors (Lipinski definition) is 0. The van der Waals surface area contributed by atoms with E-state index in [-0.39, 0.29) is 0 Å². The average molecular weight is 131 g/mol. The predicted molar refractivity (Wildman–Crippen MR) is 41.6 cm³/mol. The third kappa shape index (κ3) is 0.670. The maximum Gasteiger partial charge on any atom is 0.0345 e. The number of pyridine rings is 1. The SMILES string of the molecule is C=C1CCc2ccncc21. The van der Waals surface area contributed by atoms with Crippen molar-refractivity contribution in [3.8, 4) is 0 Å². The van der Waals surface area contributed by atoms with Gasteiger partial charge in [0.2, 0.25) is 0 Å². The molecule has 0 unspecified atom stereocenters. The van der Waals surface area contributed by atoms with Gasteiger partial charge in [-0.3, -0.25) is 4.98 Å². The van der Waals surface area contributed by atoms with Crippen LogP contribution in [0.1, 0.15) is 17.5 Å². The second-order valence-corrected chi connectivity index (χ2v) is 2.64. The highest BCUT2D eigenvalue weighted by Crippen LogP contribution is 2.28. The van der Waals surface area contributed by atoms with Crippen molar-refractivity contribution in [1.29, 1.82) is 0 Å². The molecule has 0 spiro atoms. The zero-order valence-electron chi connectivity index (χ0n) is 5.80. The summed E-state index contributed by atoms with van der Waals surface area (Å²) in [7, 11) is 0. The summed E-state index contributed by atoms with van der Waals surface area (Å²) < 4.78 is 0. The van der Waals surface area contributed by atoms with Gasteiger partial charge in [-0.25, -0.2) is 0 Å². The van der Waals surface area contributed by atoms with E-state index in [1.807, 2.05) is 12.4 Å². The molecular weight excluding hydrogens is 122 g/mol. The Kier molecular flexibility index (Phi) is 1.10. The van der Waals surface area contributed by atoms with Crippen LogP contribution in [0.4, 0.5) is 0 Å². The van der Waals surface area contributed by atoms with Gasteiger partial charge in [-0.15, -0.1) is 0 Å². The molecule has 0 N–H and O–H groups in total. The zero-order valence-corrected chi connectivity index (χ0v) is 5.80. The summed E-state index contributed by atoms with van der Waals surface area (Å²) in [5, 5.41) is 0. The highest BCUT2D eigenvalue weighted by atomic mass is 14.6. The molecule has 1 heteroatoms. The van der Waals surface area contributed by atoms with Gasteiger partial charge in [-0.05, 0) is 35.6 Å². The van der Waals surface area contributed by atoms with Gasteiger partial charge in [0.25, 0.3) is 0 Å². The molecule has 1 heterocycles. The van der Waals surface area contributed by atoms with Crippen molar-refractivity contribution in [3.05, 3.63) is 36.2 Å². The van der Waals surface area contributed by atoms with E-state index >= 15 is 0 Å². The van der Waals surface area contributed by atoms with E-state index in [4.69, 9.17) is 0 Å². The number of fused-ring (bicyclic) bond motifs is 1. The van der Waals surface area contributed by atoms with Crippen molar-refractivity contribution < 1.29 is 0 Å². The van der Waals surface area contributed by atoms with Crippen molar-refractivity contribution in [2.75, 3.05) is 0 Å². The van der Waals surface area contributed by atoms with E-state index in [2.05, 4.69) is 17.6 Å². The fourth-order valence-corrected chi connectivity index (χ4v) is 1.38. The fraction of sp³-hybridized carbons (Fsp3) is 0.222. The van der Waals surface area contributed by atoms with E-state index in [1.165, 1.54) is 16.7 Å². The maximum absolute atomic E-state index is 4.05. The van der Waals surface area contributed by atoms with Crippen LogP contribution in [0.25, 0.3) is 5.57 Å². The first-order valence-corrected chi connectivity index (χ1v) is 3.49. The van der Waals surface area contributed by atoms with E-state index in [0.717, 1.165) is 12.8 Å². The van der Waals surface area contributed by atoms with E-state index in [1.54, 1.807) is 0 Å². The number of aryl methyl sites for hydroxylation is 1. The molecule has 0 amide bonds. The molecular formula is C9H9N. The summed E-state index contributed by atoms with van der Waals surface area (Å²) in [6.45, 7) is 3.96. The van der Waals surface area contributed by atoms with E-state index in [9.17, 15) is 0 Å². The van der Waals surface area contributed by atoms with Gasteiger partial charge in [0.1, 0.15) is 0 Å². The summed E-state index contributed by atoms with van der Waals surface area (Å²) in [5.41, 5.74) is 3.91. The molecule has 1 aromatic heterocycles. The van der Waals surface area contributed by atoms with Gasteiger partial charge in [0.05, 0.1) is 0 Å². The van der Waals surface area contributed by atoms with Crippen LogP contribution in [0.2, 0.25) is 0 Å². The standard InChI is InChI=1S/C9H9N/c1-7-2-3-8-4-5-10-6-9(7)8/h4-6H,1-3H2. The Morgan fingerprint density at radius 1 is 1.40 bits per heavy atom. The van der Waals surface area contributed by atoms with Crippen molar-refractivity contribution in [2.24, 2.45) is 0 Å². The number of allylic oxidation sites excluding steroid dienone is 1. The molecule has 0 fully saturated rings. The minimum Gasteiger partial charge on any atom is -0.264 e. The topological polar surface area (TPSA) is 12.9 Å². The Morgan fingerprint density at radius 3 is 3.10 bits per heavy atom. The molecule has 0 aliphatic heterocycles. The van der Waals surface area contributed by atoms with Gasteiger partial charge < -0.3 is 0 Å². The summed E-state index contributed by atoms with van der Waals surface area (Å²) >= 11 is 0. The Hall–Kier alpha value is -1.11. The van der Waals surface area contributed by atoms with Crippen molar-refractivity contribution >= 4 is 5.57 Å². The highest BCUT2D eigenvalue weighted by Gasteiger charge is 2.12. The summed E-state index contributed by atoms with van der Waals surface area (Å²) in [4.78, 5) is 4.05. The molecule has 2 rings (SSSR count). The number of nitrogens with zero attached hydrogens (tertiary/aromatic N) is 1. The zero-order chi connectivity index (χ0) is 6.97. The van der Waals surface area contributed by atoms with Crippen molar-refractivity contribution in [2.45, 2.75) is 12.8 Å². The van der Waals surface area contributed by atoms with Crippen LogP contribution in [-0.2, 0) is 6.42 Å². The summed E-state index contributed by atoms with van der Waals surface area (Å²) in [5.74, 6) is 0. The lowest BCUT2D eigenvalue weighted by atomic mass is 10.1. The monoisotopic (exact) mass is 131 g/mol. The molecule has 0 bridgehead atoms. The van der Waals surface area contributed by atoms with Gasteiger partial charge >= 0.3 is 0 Å². The Balaban J connectivity index is 2.61. The van der Waals surface area contributed by atoms with Crippen LogP contribution in [0, 0.1) is 0 Å².